The minimum Gasteiger partial charge on any atom is -0.497 e. The maximum atomic E-state index is 12.9. The van der Waals surface area contributed by atoms with Crippen molar-refractivity contribution >= 4 is 34.0 Å². The Morgan fingerprint density at radius 2 is 2.00 bits per heavy atom. The van der Waals surface area contributed by atoms with Gasteiger partial charge >= 0.3 is 0 Å². The third-order valence-electron chi connectivity index (χ3n) is 5.99. The fourth-order valence-electron chi connectivity index (χ4n) is 4.07. The van der Waals surface area contributed by atoms with Crippen molar-refractivity contribution in [3.63, 3.8) is 0 Å². The van der Waals surface area contributed by atoms with Crippen LogP contribution in [0, 0.1) is 12.8 Å². The van der Waals surface area contributed by atoms with Crippen LogP contribution < -0.4 is 15.0 Å². The van der Waals surface area contributed by atoms with Crippen molar-refractivity contribution in [2.75, 3.05) is 43.5 Å². The lowest BCUT2D eigenvalue weighted by molar-refractivity contribution is -0.129. The maximum Gasteiger partial charge on any atom is 0.227 e. The Morgan fingerprint density at radius 3 is 2.67 bits per heavy atom. The van der Waals surface area contributed by atoms with Crippen LogP contribution >= 0.6 is 11.3 Å². The molecule has 2 aromatic rings. The summed E-state index contributed by atoms with van der Waals surface area (Å²) in [6.45, 7) is 6.70. The Labute approximate surface area is 181 Å². The summed E-state index contributed by atoms with van der Waals surface area (Å²) < 4.78 is 5.24. The minimum absolute atomic E-state index is 0.0399. The first kappa shape index (κ1) is 20.7. The number of carbonyl (C=O) groups excluding carboxylic acids is 2. The molecule has 30 heavy (non-hydrogen) atoms. The van der Waals surface area contributed by atoms with Gasteiger partial charge in [-0.15, -0.1) is 11.3 Å². The number of aromatic nitrogens is 1. The van der Waals surface area contributed by atoms with Gasteiger partial charge in [-0.25, -0.2) is 4.98 Å². The number of hydrogen-bond donors (Lipinski definition) is 1. The Bertz CT molecular complexity index is 950. The summed E-state index contributed by atoms with van der Waals surface area (Å²) in [7, 11) is 1.64. The normalized spacial score (nSPS) is 18.7. The zero-order chi connectivity index (χ0) is 21.3. The van der Waals surface area contributed by atoms with Gasteiger partial charge in [-0.2, -0.15) is 0 Å². The van der Waals surface area contributed by atoms with E-state index in [1.807, 2.05) is 30.0 Å². The van der Waals surface area contributed by atoms with E-state index in [-0.39, 0.29) is 17.7 Å². The highest BCUT2D eigenvalue weighted by Gasteiger charge is 2.29. The smallest absolute Gasteiger partial charge is 0.227 e. The number of nitrogens with zero attached hydrogens (tertiary/aromatic N) is 3. The van der Waals surface area contributed by atoms with E-state index in [2.05, 4.69) is 10.2 Å². The van der Waals surface area contributed by atoms with E-state index in [4.69, 9.17) is 9.72 Å². The Balaban J connectivity index is 1.39. The first-order valence-electron chi connectivity index (χ1n) is 10.4. The number of methoxy groups -OCH3 is 1. The van der Waals surface area contributed by atoms with Crippen molar-refractivity contribution in [3.05, 3.63) is 34.3 Å². The summed E-state index contributed by atoms with van der Waals surface area (Å²) in [4.78, 5) is 34.6. The van der Waals surface area contributed by atoms with Gasteiger partial charge < -0.3 is 19.9 Å². The summed E-state index contributed by atoms with van der Waals surface area (Å²) in [5.41, 5.74) is 2.96. The first-order valence-corrected chi connectivity index (χ1v) is 11.2. The van der Waals surface area contributed by atoms with E-state index in [0.717, 1.165) is 73.3 Å². The molecule has 1 aliphatic heterocycles. The number of fused-ring (bicyclic) bond motifs is 1. The largest absolute Gasteiger partial charge is 0.497 e. The first-order chi connectivity index (χ1) is 14.4. The van der Waals surface area contributed by atoms with Crippen molar-refractivity contribution in [1.82, 2.24) is 9.88 Å². The highest BCUT2D eigenvalue weighted by Crippen LogP contribution is 2.35. The monoisotopic (exact) mass is 428 g/mol. The molecule has 1 saturated heterocycles. The number of ether oxygens (including phenoxy) is 1. The number of carbonyl (C=O) groups is 2. The molecule has 1 aromatic heterocycles. The average molecular weight is 429 g/mol. The molecular weight excluding hydrogens is 400 g/mol. The summed E-state index contributed by atoms with van der Waals surface area (Å²) in [5, 5.41) is 4.11. The zero-order valence-electron chi connectivity index (χ0n) is 17.7. The molecule has 8 heteroatoms. The predicted molar refractivity (Wildman–Crippen MR) is 118 cm³/mol. The third-order valence-corrected chi connectivity index (χ3v) is 7.17. The zero-order valence-corrected chi connectivity index (χ0v) is 18.6. The lowest BCUT2D eigenvalue weighted by atomic mass is 9.90. The van der Waals surface area contributed by atoms with Crippen LogP contribution in [-0.2, 0) is 22.4 Å². The number of thiazole rings is 1. The molecule has 0 spiro atoms. The molecule has 2 heterocycles. The van der Waals surface area contributed by atoms with Gasteiger partial charge in [-0.05, 0) is 49.9 Å². The molecule has 1 N–H and O–H groups in total. The van der Waals surface area contributed by atoms with E-state index in [1.54, 1.807) is 25.4 Å². The number of aryl methyl sites for hydroxylation is 2. The summed E-state index contributed by atoms with van der Waals surface area (Å²) >= 11 is 1.70. The standard InChI is InChI=1S/C22H28N4O3S/c1-14-12-17(29-3)5-7-18(14)23-21(28)16-4-6-19-20(13-16)30-22(24-19)26-10-8-25(9-11-26)15(2)27/h5,7,12,16H,4,6,8-11,13H2,1-3H3,(H,23,28)/t16-/m1/s1. The molecular formula is C22H28N4O3S. The van der Waals surface area contributed by atoms with Gasteiger partial charge in [-0.1, -0.05) is 0 Å². The minimum atomic E-state index is -0.0399. The van der Waals surface area contributed by atoms with Crippen LogP contribution in [0.1, 0.15) is 29.5 Å². The lowest BCUT2D eigenvalue weighted by Gasteiger charge is -2.33. The second-order valence-electron chi connectivity index (χ2n) is 7.97. The van der Waals surface area contributed by atoms with Crippen LogP contribution in [0.5, 0.6) is 5.75 Å². The van der Waals surface area contributed by atoms with Gasteiger partial charge in [0.15, 0.2) is 5.13 Å². The number of nitrogens with one attached hydrogen (secondary N) is 1. The van der Waals surface area contributed by atoms with Crippen molar-refractivity contribution in [3.8, 4) is 5.75 Å². The van der Waals surface area contributed by atoms with Crippen LogP contribution in [0.4, 0.5) is 10.8 Å². The highest BCUT2D eigenvalue weighted by atomic mass is 32.1. The molecule has 1 fully saturated rings. The van der Waals surface area contributed by atoms with Crippen molar-refractivity contribution in [2.24, 2.45) is 5.92 Å². The quantitative estimate of drug-likeness (QED) is 0.811. The predicted octanol–water partition coefficient (Wildman–Crippen LogP) is 2.87. The number of benzene rings is 1. The number of piperazine rings is 1. The number of anilines is 2. The topological polar surface area (TPSA) is 74.8 Å². The van der Waals surface area contributed by atoms with Crippen LogP contribution in [0.2, 0.25) is 0 Å². The van der Waals surface area contributed by atoms with Crippen molar-refractivity contribution in [2.45, 2.75) is 33.1 Å². The highest BCUT2D eigenvalue weighted by molar-refractivity contribution is 7.15. The third kappa shape index (κ3) is 4.28. The molecule has 2 aliphatic rings. The summed E-state index contributed by atoms with van der Waals surface area (Å²) in [5.74, 6) is 0.948. The molecule has 1 aliphatic carbocycles. The van der Waals surface area contributed by atoms with Gasteiger partial charge in [-0.3, -0.25) is 9.59 Å². The molecule has 2 amide bonds. The molecule has 160 valence electrons. The van der Waals surface area contributed by atoms with Crippen molar-refractivity contribution < 1.29 is 14.3 Å². The van der Waals surface area contributed by atoms with Gasteiger partial charge in [0.1, 0.15) is 5.75 Å². The molecule has 0 radical (unpaired) electrons. The van der Waals surface area contributed by atoms with Crippen LogP contribution in [0.3, 0.4) is 0 Å². The van der Waals surface area contributed by atoms with Crippen LogP contribution in [-0.4, -0.2) is 55.0 Å². The molecule has 0 bridgehead atoms. The fourth-order valence-corrected chi connectivity index (χ4v) is 5.31. The SMILES string of the molecule is COc1ccc(NC(=O)[C@@H]2CCc3nc(N4CCN(C(C)=O)CC4)sc3C2)c(C)c1. The van der Waals surface area contributed by atoms with Crippen LogP contribution in [0.15, 0.2) is 18.2 Å². The van der Waals surface area contributed by atoms with Crippen molar-refractivity contribution in [1.29, 1.82) is 0 Å². The molecule has 7 nitrogen and oxygen atoms in total. The Morgan fingerprint density at radius 1 is 1.23 bits per heavy atom. The average Bonchev–Trinajstić information content (AvgIpc) is 3.18. The summed E-state index contributed by atoms with van der Waals surface area (Å²) in [6, 6.07) is 5.69. The van der Waals surface area contributed by atoms with Gasteiger partial charge in [0, 0.05) is 49.6 Å². The van der Waals surface area contributed by atoms with E-state index in [1.165, 1.54) is 4.88 Å². The fraction of sp³-hybridized carbons (Fsp3) is 0.500. The van der Waals surface area contributed by atoms with E-state index < -0.39 is 0 Å². The van der Waals surface area contributed by atoms with E-state index >= 15 is 0 Å². The number of hydrogen-bond acceptors (Lipinski definition) is 6. The van der Waals surface area contributed by atoms with Gasteiger partial charge in [0.2, 0.25) is 11.8 Å². The van der Waals surface area contributed by atoms with E-state index in [9.17, 15) is 9.59 Å². The molecule has 4 rings (SSSR count). The summed E-state index contributed by atoms with van der Waals surface area (Å²) in [6.07, 6.45) is 2.38. The Hall–Kier alpha value is -2.61. The molecule has 0 saturated carbocycles. The lowest BCUT2D eigenvalue weighted by Crippen LogP contribution is -2.48. The maximum absolute atomic E-state index is 12.9. The molecule has 1 atom stereocenters. The second-order valence-corrected chi connectivity index (χ2v) is 9.03. The molecule has 0 unspecified atom stereocenters. The second kappa shape index (κ2) is 8.63. The molecule has 1 aromatic carbocycles. The van der Waals surface area contributed by atoms with Gasteiger partial charge in [0.25, 0.3) is 0 Å². The van der Waals surface area contributed by atoms with E-state index in [0.29, 0.717) is 0 Å². The number of amides is 2. The number of rotatable bonds is 4. The Kier molecular flexibility index (Phi) is 5.94. The van der Waals surface area contributed by atoms with Gasteiger partial charge in [0.05, 0.1) is 12.8 Å². The van der Waals surface area contributed by atoms with Crippen LogP contribution in [0.25, 0.3) is 0 Å².